The SMILES string of the molecule is CC(C)(C)OC(=O)CCCC(=O)OC(C)(C)C(=O)OC(C)(C)C(C)(C)C(C)(C)OC(=O)C(C)(C)C(C)(C)C. The van der Waals surface area contributed by atoms with E-state index in [0.717, 1.165) is 0 Å². The number of carbonyl (C=O) groups excluding carboxylic acids is 4. The molecule has 0 spiro atoms. The van der Waals surface area contributed by atoms with Gasteiger partial charge in [0, 0.05) is 18.3 Å². The first-order valence-electron chi connectivity index (χ1n) is 13.4. The lowest BCUT2D eigenvalue weighted by atomic mass is 9.65. The Morgan fingerprint density at radius 2 is 0.868 bits per heavy atom. The molecule has 0 bridgehead atoms. The Labute approximate surface area is 230 Å². The van der Waals surface area contributed by atoms with Crippen molar-refractivity contribution in [1.82, 2.24) is 0 Å². The zero-order valence-corrected chi connectivity index (χ0v) is 26.9. The predicted molar refractivity (Wildman–Crippen MR) is 147 cm³/mol. The fourth-order valence-corrected chi connectivity index (χ4v) is 3.15. The van der Waals surface area contributed by atoms with Crippen LogP contribution < -0.4 is 0 Å². The second kappa shape index (κ2) is 11.5. The fraction of sp³-hybridized carbons (Fsp3) is 0.867. The van der Waals surface area contributed by atoms with Gasteiger partial charge in [-0.1, -0.05) is 34.6 Å². The van der Waals surface area contributed by atoms with Crippen LogP contribution in [-0.4, -0.2) is 46.3 Å². The highest BCUT2D eigenvalue weighted by Crippen LogP contribution is 2.48. The molecular formula is C30H54O8. The Bertz CT molecular complexity index is 877. The lowest BCUT2D eigenvalue weighted by molar-refractivity contribution is -0.222. The van der Waals surface area contributed by atoms with Crippen LogP contribution in [0.4, 0.5) is 0 Å². The van der Waals surface area contributed by atoms with Crippen molar-refractivity contribution in [1.29, 1.82) is 0 Å². The number of rotatable bonds is 11. The molecule has 0 amide bonds. The maximum atomic E-state index is 13.2. The summed E-state index contributed by atoms with van der Waals surface area (Å²) in [6, 6.07) is 0. The summed E-state index contributed by atoms with van der Waals surface area (Å²) >= 11 is 0. The molecular weight excluding hydrogens is 488 g/mol. The molecule has 0 aliphatic carbocycles. The second-order valence-electron chi connectivity index (χ2n) is 14.7. The van der Waals surface area contributed by atoms with Crippen LogP contribution in [0.1, 0.15) is 130 Å². The van der Waals surface area contributed by atoms with Gasteiger partial charge in [0.05, 0.1) is 5.41 Å². The summed E-state index contributed by atoms with van der Waals surface area (Å²) in [6.45, 7) is 28.7. The molecule has 0 heterocycles. The summed E-state index contributed by atoms with van der Waals surface area (Å²) in [7, 11) is 0. The van der Waals surface area contributed by atoms with Gasteiger partial charge in [-0.25, -0.2) is 4.79 Å². The van der Waals surface area contributed by atoms with E-state index in [0.29, 0.717) is 0 Å². The summed E-state index contributed by atoms with van der Waals surface area (Å²) in [5.74, 6) is -2.09. The third-order valence-electron chi connectivity index (χ3n) is 8.13. The Balaban J connectivity index is 5.39. The van der Waals surface area contributed by atoms with Gasteiger partial charge in [-0.15, -0.1) is 0 Å². The third kappa shape index (κ3) is 9.26. The summed E-state index contributed by atoms with van der Waals surface area (Å²) in [5.41, 5.74) is -6.20. The average Bonchev–Trinajstić information content (AvgIpc) is 2.63. The first kappa shape index (κ1) is 35.9. The highest BCUT2D eigenvalue weighted by Gasteiger charge is 2.55. The number of hydrogen-bond acceptors (Lipinski definition) is 8. The molecule has 0 aromatic carbocycles. The van der Waals surface area contributed by atoms with Crippen LogP contribution in [-0.2, 0) is 38.1 Å². The summed E-state index contributed by atoms with van der Waals surface area (Å²) < 4.78 is 22.6. The van der Waals surface area contributed by atoms with Crippen molar-refractivity contribution in [3.05, 3.63) is 0 Å². The molecule has 0 aromatic heterocycles. The molecule has 0 aliphatic heterocycles. The van der Waals surface area contributed by atoms with Gasteiger partial charge < -0.3 is 18.9 Å². The minimum atomic E-state index is -1.56. The monoisotopic (exact) mass is 542 g/mol. The van der Waals surface area contributed by atoms with Crippen molar-refractivity contribution in [3.8, 4) is 0 Å². The van der Waals surface area contributed by atoms with Crippen molar-refractivity contribution in [2.24, 2.45) is 16.2 Å². The molecule has 8 heteroatoms. The molecule has 38 heavy (non-hydrogen) atoms. The number of carbonyl (C=O) groups is 4. The Hall–Kier alpha value is -2.12. The van der Waals surface area contributed by atoms with Crippen molar-refractivity contribution in [2.75, 3.05) is 0 Å². The average molecular weight is 543 g/mol. The van der Waals surface area contributed by atoms with Crippen molar-refractivity contribution < 1.29 is 38.1 Å². The first-order valence-corrected chi connectivity index (χ1v) is 13.4. The molecule has 0 fully saturated rings. The maximum absolute atomic E-state index is 13.2. The molecule has 0 saturated carbocycles. The largest absolute Gasteiger partial charge is 0.460 e. The minimum Gasteiger partial charge on any atom is -0.460 e. The van der Waals surface area contributed by atoms with E-state index in [1.54, 1.807) is 48.5 Å². The zero-order chi connectivity index (χ0) is 30.8. The van der Waals surface area contributed by atoms with Gasteiger partial charge in [0.25, 0.3) is 0 Å². The van der Waals surface area contributed by atoms with E-state index in [1.807, 2.05) is 48.5 Å². The Morgan fingerprint density at radius 3 is 1.24 bits per heavy atom. The molecule has 8 nitrogen and oxygen atoms in total. The molecule has 0 unspecified atom stereocenters. The molecule has 0 saturated heterocycles. The first-order chi connectivity index (χ1) is 16.5. The van der Waals surface area contributed by atoms with Crippen LogP contribution in [0.3, 0.4) is 0 Å². The highest BCUT2D eigenvalue weighted by atomic mass is 16.6. The number of esters is 4. The van der Waals surface area contributed by atoms with E-state index in [2.05, 4.69) is 0 Å². The van der Waals surface area contributed by atoms with E-state index in [1.165, 1.54) is 13.8 Å². The quantitative estimate of drug-likeness (QED) is 0.213. The van der Waals surface area contributed by atoms with Gasteiger partial charge in [-0.3, -0.25) is 14.4 Å². The number of ether oxygens (including phenoxy) is 4. The van der Waals surface area contributed by atoms with E-state index in [-0.39, 0.29) is 30.6 Å². The van der Waals surface area contributed by atoms with E-state index in [9.17, 15) is 19.2 Å². The van der Waals surface area contributed by atoms with Crippen molar-refractivity contribution in [3.63, 3.8) is 0 Å². The Kier molecular flexibility index (Phi) is 10.9. The van der Waals surface area contributed by atoms with E-state index >= 15 is 0 Å². The zero-order valence-electron chi connectivity index (χ0n) is 26.9. The maximum Gasteiger partial charge on any atom is 0.350 e. The Morgan fingerprint density at radius 1 is 0.500 bits per heavy atom. The molecule has 0 aromatic rings. The van der Waals surface area contributed by atoms with Crippen molar-refractivity contribution >= 4 is 23.9 Å². The molecule has 0 radical (unpaired) electrons. The standard InChI is InChI=1S/C30H54O8/c1-24(2,3)26(7,8)22(33)37-29(13,14)28(11,12)30(15,16)38-23(34)27(9,10)36-21(32)19-17-18-20(31)35-25(4,5)6/h17-19H2,1-16H3. The van der Waals surface area contributed by atoms with Crippen molar-refractivity contribution in [2.45, 2.75) is 152 Å². The third-order valence-corrected chi connectivity index (χ3v) is 8.13. The van der Waals surface area contributed by atoms with Gasteiger partial charge in [0.2, 0.25) is 5.60 Å². The molecule has 222 valence electrons. The van der Waals surface area contributed by atoms with Crippen LogP contribution in [0.25, 0.3) is 0 Å². The highest BCUT2D eigenvalue weighted by molar-refractivity contribution is 5.83. The van der Waals surface area contributed by atoms with Crippen LogP contribution in [0, 0.1) is 16.2 Å². The molecule has 0 N–H and O–H groups in total. The van der Waals surface area contributed by atoms with Crippen LogP contribution in [0.5, 0.6) is 0 Å². The summed E-state index contributed by atoms with van der Waals surface area (Å²) in [5, 5.41) is 0. The molecule has 0 aliphatic rings. The topological polar surface area (TPSA) is 105 Å². The van der Waals surface area contributed by atoms with Crippen LogP contribution >= 0.6 is 0 Å². The van der Waals surface area contributed by atoms with Crippen LogP contribution in [0.2, 0.25) is 0 Å². The lowest BCUT2D eigenvalue weighted by Crippen LogP contribution is -2.59. The fourth-order valence-electron chi connectivity index (χ4n) is 3.15. The lowest BCUT2D eigenvalue weighted by Gasteiger charge is -2.51. The van der Waals surface area contributed by atoms with Gasteiger partial charge in [-0.2, -0.15) is 0 Å². The van der Waals surface area contributed by atoms with E-state index in [4.69, 9.17) is 18.9 Å². The van der Waals surface area contributed by atoms with Gasteiger partial charge in [-0.05, 0) is 88.0 Å². The van der Waals surface area contributed by atoms with Crippen LogP contribution in [0.15, 0.2) is 0 Å². The van der Waals surface area contributed by atoms with Gasteiger partial charge in [0.15, 0.2) is 0 Å². The van der Waals surface area contributed by atoms with Gasteiger partial charge in [0.1, 0.15) is 16.8 Å². The summed E-state index contributed by atoms with van der Waals surface area (Å²) in [4.78, 5) is 50.6. The summed E-state index contributed by atoms with van der Waals surface area (Å²) in [6.07, 6.45) is 0.261. The number of hydrogen-bond donors (Lipinski definition) is 0. The van der Waals surface area contributed by atoms with E-state index < -0.39 is 51.1 Å². The second-order valence-corrected chi connectivity index (χ2v) is 14.7. The smallest absolute Gasteiger partial charge is 0.350 e. The molecule has 0 atom stereocenters. The predicted octanol–water partition coefficient (Wildman–Crippen LogP) is 6.56. The van der Waals surface area contributed by atoms with Gasteiger partial charge >= 0.3 is 23.9 Å². The minimum absolute atomic E-state index is 0.0443. The molecule has 0 rings (SSSR count). The normalized spacial score (nSPS) is 14.0.